The lowest BCUT2D eigenvalue weighted by Gasteiger charge is -2.12. The summed E-state index contributed by atoms with van der Waals surface area (Å²) in [5.74, 6) is 0. The van der Waals surface area contributed by atoms with Gasteiger partial charge < -0.3 is 0 Å². The van der Waals surface area contributed by atoms with Gasteiger partial charge in [-0.15, -0.1) is 0 Å². The second kappa shape index (κ2) is 5.60. The number of nitrogens with zero attached hydrogens (tertiary/aromatic N) is 2. The Hall–Kier alpha value is -3.09. The molecule has 0 spiro atoms. The molecule has 0 aromatic heterocycles. The van der Waals surface area contributed by atoms with Crippen LogP contribution in [0, 0.1) is 17.9 Å². The fourth-order valence-corrected chi connectivity index (χ4v) is 3.63. The average molecular weight is 321 g/mol. The van der Waals surface area contributed by atoms with E-state index in [4.69, 9.17) is 11.8 Å². The van der Waals surface area contributed by atoms with Crippen LogP contribution in [-0.4, -0.2) is 8.42 Å². The minimum atomic E-state index is -3.79. The summed E-state index contributed by atoms with van der Waals surface area (Å²) >= 11 is 0. The molecule has 1 aliphatic rings. The fourth-order valence-electron chi connectivity index (χ4n) is 2.50. The number of hydrogen-bond acceptors (Lipinski definition) is 3. The van der Waals surface area contributed by atoms with Crippen molar-refractivity contribution in [3.63, 3.8) is 0 Å². The summed E-state index contributed by atoms with van der Waals surface area (Å²) in [4.78, 5) is 3.28. The molecule has 0 bridgehead atoms. The first kappa shape index (κ1) is 14.8. The maximum atomic E-state index is 12.5. The van der Waals surface area contributed by atoms with E-state index < -0.39 is 10.0 Å². The second-order valence-corrected chi connectivity index (χ2v) is 6.66. The first-order chi connectivity index (χ1) is 11.0. The first-order valence-corrected chi connectivity index (χ1v) is 8.26. The van der Waals surface area contributed by atoms with Crippen LogP contribution in [0.15, 0.2) is 53.4 Å². The van der Waals surface area contributed by atoms with Gasteiger partial charge in [-0.3, -0.25) is 4.72 Å². The highest BCUT2D eigenvalue weighted by Gasteiger charge is 2.21. The van der Waals surface area contributed by atoms with Gasteiger partial charge in [0.15, 0.2) is 5.69 Å². The zero-order chi connectivity index (χ0) is 16.4. The van der Waals surface area contributed by atoms with Crippen LogP contribution >= 0.6 is 0 Å². The Kier molecular flexibility index (Phi) is 3.61. The van der Waals surface area contributed by atoms with E-state index in [0.717, 1.165) is 11.1 Å². The van der Waals surface area contributed by atoms with E-state index in [-0.39, 0.29) is 10.6 Å². The minimum Gasteiger partial charge on any atom is -0.279 e. The lowest BCUT2D eigenvalue weighted by atomic mass is 10.1. The van der Waals surface area contributed by atoms with Crippen molar-refractivity contribution in [2.24, 2.45) is 0 Å². The van der Waals surface area contributed by atoms with E-state index in [0.29, 0.717) is 17.7 Å². The Morgan fingerprint density at radius 2 is 2.00 bits per heavy atom. The zero-order valence-electron chi connectivity index (χ0n) is 11.9. The Bertz CT molecular complexity index is 1010. The van der Waals surface area contributed by atoms with Crippen LogP contribution in [-0.2, 0) is 16.4 Å². The van der Waals surface area contributed by atoms with Crippen molar-refractivity contribution in [1.29, 1.82) is 5.26 Å². The molecule has 3 rings (SSSR count). The predicted molar refractivity (Wildman–Crippen MR) is 87.2 cm³/mol. The van der Waals surface area contributed by atoms with Crippen LogP contribution in [0.25, 0.3) is 10.4 Å². The molecule has 2 aromatic rings. The third-order valence-electron chi connectivity index (χ3n) is 3.60. The van der Waals surface area contributed by atoms with E-state index >= 15 is 0 Å². The van der Waals surface area contributed by atoms with Crippen LogP contribution < -0.4 is 4.72 Å². The molecular formula is C17H11N3O2S. The molecule has 0 amide bonds. The van der Waals surface area contributed by atoms with Gasteiger partial charge >= 0.3 is 0 Å². The molecule has 0 aliphatic heterocycles. The van der Waals surface area contributed by atoms with E-state index in [9.17, 15) is 8.42 Å². The molecule has 0 heterocycles. The molecule has 1 N–H and O–H groups in total. The lowest BCUT2D eigenvalue weighted by molar-refractivity contribution is 0.601. The van der Waals surface area contributed by atoms with Gasteiger partial charge in [0.2, 0.25) is 0 Å². The molecule has 0 unspecified atom stereocenters. The molecule has 5 nitrogen and oxygen atoms in total. The number of allylic oxidation sites excluding steroid dienone is 2. The van der Waals surface area contributed by atoms with Crippen molar-refractivity contribution in [3.8, 4) is 6.07 Å². The summed E-state index contributed by atoms with van der Waals surface area (Å²) in [7, 11) is -3.79. The molecule has 6 heteroatoms. The van der Waals surface area contributed by atoms with Crippen LogP contribution in [0.1, 0.15) is 11.1 Å². The number of rotatable bonds is 3. The smallest absolute Gasteiger partial charge is 0.260 e. The van der Waals surface area contributed by atoms with Crippen molar-refractivity contribution in [3.05, 3.63) is 71.1 Å². The molecule has 112 valence electrons. The molecule has 1 aliphatic carbocycles. The van der Waals surface area contributed by atoms with E-state index in [1.165, 1.54) is 18.2 Å². The van der Waals surface area contributed by atoms with Crippen molar-refractivity contribution >= 4 is 27.0 Å². The van der Waals surface area contributed by atoms with Crippen molar-refractivity contribution in [2.75, 3.05) is 4.72 Å². The van der Waals surface area contributed by atoms with Gasteiger partial charge in [-0.2, -0.15) is 5.26 Å². The average Bonchev–Trinajstić information content (AvgIpc) is 2.99. The number of fused-ring (bicyclic) bond motifs is 1. The summed E-state index contributed by atoms with van der Waals surface area (Å²) in [5, 5.41) is 9.09. The molecule has 0 saturated heterocycles. The molecule has 2 aromatic carbocycles. The monoisotopic (exact) mass is 321 g/mol. The highest BCUT2D eigenvalue weighted by molar-refractivity contribution is 7.92. The molecule has 23 heavy (non-hydrogen) atoms. The molecule has 0 saturated carbocycles. The number of nitriles is 1. The minimum absolute atomic E-state index is 0.0371. The second-order valence-electron chi connectivity index (χ2n) is 4.98. The summed E-state index contributed by atoms with van der Waals surface area (Å²) < 4.78 is 27.6. The van der Waals surface area contributed by atoms with Crippen LogP contribution in [0.4, 0.5) is 11.4 Å². The maximum absolute atomic E-state index is 12.5. The number of nitrogens with one attached hydrogen (secondary N) is 1. The van der Waals surface area contributed by atoms with Gasteiger partial charge in [-0.1, -0.05) is 30.3 Å². The maximum Gasteiger partial charge on any atom is 0.260 e. The predicted octanol–water partition coefficient (Wildman–Crippen LogP) is 3.50. The molecule has 0 fully saturated rings. The highest BCUT2D eigenvalue weighted by Crippen LogP contribution is 2.33. The highest BCUT2D eigenvalue weighted by atomic mass is 32.2. The summed E-state index contributed by atoms with van der Waals surface area (Å²) in [6, 6.07) is 13.1. The summed E-state index contributed by atoms with van der Waals surface area (Å²) in [6.07, 6.45) is 2.29. The zero-order valence-corrected chi connectivity index (χ0v) is 12.8. The summed E-state index contributed by atoms with van der Waals surface area (Å²) in [6.45, 7) is 6.98. The number of benzene rings is 2. The van der Waals surface area contributed by atoms with Crippen molar-refractivity contribution < 1.29 is 8.42 Å². The third-order valence-corrected chi connectivity index (χ3v) is 4.96. The largest absolute Gasteiger partial charge is 0.279 e. The van der Waals surface area contributed by atoms with Crippen molar-refractivity contribution in [1.82, 2.24) is 0 Å². The molecular weight excluding hydrogens is 310 g/mol. The Morgan fingerprint density at radius 3 is 2.74 bits per heavy atom. The van der Waals surface area contributed by atoms with Crippen LogP contribution in [0.2, 0.25) is 0 Å². The first-order valence-electron chi connectivity index (χ1n) is 6.78. The fraction of sp³-hybridized carbons (Fsp3) is 0.0588. The molecule has 0 radical (unpaired) electrons. The van der Waals surface area contributed by atoms with Gasteiger partial charge in [0.05, 0.1) is 28.8 Å². The van der Waals surface area contributed by atoms with E-state index in [1.807, 2.05) is 0 Å². The van der Waals surface area contributed by atoms with Gasteiger partial charge in [0.25, 0.3) is 10.0 Å². The Balaban J connectivity index is 1.99. The summed E-state index contributed by atoms with van der Waals surface area (Å²) in [5.41, 5.74) is 2.81. The number of anilines is 1. The normalized spacial score (nSPS) is 12.7. The van der Waals surface area contributed by atoms with E-state index in [2.05, 4.69) is 15.6 Å². The SMILES string of the molecule is [C-]#[N+]c1cccc(S(=O)(=O)Nc2cccc3c2CC=C3C#N)c1. The van der Waals surface area contributed by atoms with Crippen LogP contribution in [0.5, 0.6) is 0 Å². The van der Waals surface area contributed by atoms with Crippen molar-refractivity contribution in [2.45, 2.75) is 11.3 Å². The van der Waals surface area contributed by atoms with Gasteiger partial charge in [0, 0.05) is 0 Å². The quantitative estimate of drug-likeness (QED) is 0.879. The van der Waals surface area contributed by atoms with Gasteiger partial charge in [0.1, 0.15) is 0 Å². The lowest BCUT2D eigenvalue weighted by Crippen LogP contribution is -2.14. The number of hydrogen-bond donors (Lipinski definition) is 1. The van der Waals surface area contributed by atoms with Crippen LogP contribution in [0.3, 0.4) is 0 Å². The van der Waals surface area contributed by atoms with E-state index in [1.54, 1.807) is 30.3 Å². The number of sulfonamides is 1. The Labute approximate surface area is 134 Å². The molecule has 0 atom stereocenters. The standard InChI is InChI=1S/C17H11N3O2S/c1-19-13-4-2-5-14(10-13)23(21,22)20-17-7-3-6-15-12(11-18)8-9-16(15)17/h2-8,10,20H,9H2. The third kappa shape index (κ3) is 2.68. The van der Waals surface area contributed by atoms with Gasteiger partial charge in [-0.05, 0) is 35.7 Å². The topological polar surface area (TPSA) is 74.3 Å². The van der Waals surface area contributed by atoms with Gasteiger partial charge in [-0.25, -0.2) is 13.3 Å². The Morgan fingerprint density at radius 1 is 1.22 bits per heavy atom.